The van der Waals surface area contributed by atoms with Crippen molar-refractivity contribution >= 4 is 21.4 Å². The van der Waals surface area contributed by atoms with Crippen LogP contribution in [0.4, 0.5) is 0 Å². The summed E-state index contributed by atoms with van der Waals surface area (Å²) in [5, 5.41) is 1.96. The molecule has 1 aromatic heterocycles. The van der Waals surface area contributed by atoms with E-state index in [1.807, 2.05) is 36.6 Å². The highest BCUT2D eigenvalue weighted by Crippen LogP contribution is 2.16. The van der Waals surface area contributed by atoms with E-state index in [1.54, 1.807) is 17.4 Å². The van der Waals surface area contributed by atoms with Gasteiger partial charge in [-0.1, -0.05) is 24.3 Å². The van der Waals surface area contributed by atoms with E-state index in [4.69, 9.17) is 5.73 Å². The van der Waals surface area contributed by atoms with Crippen molar-refractivity contribution in [2.24, 2.45) is 5.73 Å². The molecule has 108 valence electrons. The molecule has 0 saturated heterocycles. The van der Waals surface area contributed by atoms with Crippen LogP contribution in [0.15, 0.2) is 35.7 Å². The van der Waals surface area contributed by atoms with Crippen LogP contribution < -0.4 is 10.5 Å². The second kappa shape index (κ2) is 6.49. The van der Waals surface area contributed by atoms with Gasteiger partial charge in [-0.05, 0) is 35.1 Å². The highest BCUT2D eigenvalue weighted by Gasteiger charge is 2.12. The lowest BCUT2D eigenvalue weighted by atomic mass is 10.1. The summed E-state index contributed by atoms with van der Waals surface area (Å²) in [5.41, 5.74) is 8.36. The van der Waals surface area contributed by atoms with Crippen LogP contribution in [0.5, 0.6) is 0 Å². The molecular weight excluding hydrogens is 292 g/mol. The minimum absolute atomic E-state index is 0.0226. The Hall–Kier alpha value is -1.21. The lowest BCUT2D eigenvalue weighted by molar-refractivity contribution is 0.581. The van der Waals surface area contributed by atoms with E-state index in [2.05, 4.69) is 4.72 Å². The van der Waals surface area contributed by atoms with Gasteiger partial charge in [0.25, 0.3) is 0 Å². The Balaban J connectivity index is 2.02. The normalized spacial score (nSPS) is 11.7. The van der Waals surface area contributed by atoms with E-state index in [0.29, 0.717) is 13.1 Å². The molecule has 0 fully saturated rings. The monoisotopic (exact) mass is 310 g/mol. The van der Waals surface area contributed by atoms with Crippen molar-refractivity contribution in [3.8, 4) is 0 Å². The van der Waals surface area contributed by atoms with Crippen molar-refractivity contribution in [2.75, 3.05) is 0 Å². The van der Waals surface area contributed by atoms with Crippen LogP contribution in [0.3, 0.4) is 0 Å². The first-order valence-electron chi connectivity index (χ1n) is 6.28. The molecule has 1 heterocycles. The molecule has 0 spiro atoms. The fourth-order valence-electron chi connectivity index (χ4n) is 1.88. The van der Waals surface area contributed by atoms with Crippen LogP contribution >= 0.6 is 11.3 Å². The molecule has 6 heteroatoms. The third-order valence-electron chi connectivity index (χ3n) is 3.00. The quantitative estimate of drug-likeness (QED) is 0.858. The van der Waals surface area contributed by atoms with E-state index >= 15 is 0 Å². The van der Waals surface area contributed by atoms with Gasteiger partial charge in [-0.25, -0.2) is 13.1 Å². The fourth-order valence-corrected chi connectivity index (χ4v) is 3.90. The number of nitrogens with one attached hydrogen (secondary N) is 1. The Morgan fingerprint density at radius 2 is 2.00 bits per heavy atom. The third-order valence-corrected chi connectivity index (χ3v) is 5.33. The number of nitrogens with two attached hydrogens (primary N) is 1. The zero-order valence-electron chi connectivity index (χ0n) is 11.3. The molecule has 0 aliphatic carbocycles. The summed E-state index contributed by atoms with van der Waals surface area (Å²) >= 11 is 1.56. The molecular formula is C14H18N2O2S2. The van der Waals surface area contributed by atoms with E-state index < -0.39 is 10.0 Å². The van der Waals surface area contributed by atoms with Crippen LogP contribution in [0, 0.1) is 6.92 Å². The van der Waals surface area contributed by atoms with Crippen LogP contribution in [0.2, 0.25) is 0 Å². The van der Waals surface area contributed by atoms with Gasteiger partial charge in [0.05, 0.1) is 5.75 Å². The van der Waals surface area contributed by atoms with Crippen LogP contribution in [0.25, 0.3) is 0 Å². The third kappa shape index (κ3) is 4.14. The van der Waals surface area contributed by atoms with Gasteiger partial charge in [0, 0.05) is 18.0 Å². The molecule has 0 atom stereocenters. The van der Waals surface area contributed by atoms with Gasteiger partial charge < -0.3 is 5.73 Å². The number of benzene rings is 1. The largest absolute Gasteiger partial charge is 0.326 e. The molecule has 0 amide bonds. The summed E-state index contributed by atoms with van der Waals surface area (Å²) < 4.78 is 26.8. The molecule has 20 heavy (non-hydrogen) atoms. The first-order chi connectivity index (χ1) is 9.50. The average Bonchev–Trinajstić information content (AvgIpc) is 2.82. The van der Waals surface area contributed by atoms with Gasteiger partial charge in [-0.15, -0.1) is 11.3 Å². The van der Waals surface area contributed by atoms with Crippen molar-refractivity contribution < 1.29 is 8.42 Å². The standard InChI is InChI=1S/C14H18N2O2S2/c1-11-5-6-19-14(11)9-16-20(17,18)10-13-4-2-3-12(7-13)8-15/h2-7,16H,8-10,15H2,1H3. The van der Waals surface area contributed by atoms with Crippen LogP contribution in [-0.4, -0.2) is 8.42 Å². The highest BCUT2D eigenvalue weighted by molar-refractivity contribution is 7.88. The molecule has 0 bridgehead atoms. The van der Waals surface area contributed by atoms with Crippen LogP contribution in [-0.2, 0) is 28.9 Å². The van der Waals surface area contributed by atoms with Crippen molar-refractivity contribution in [3.63, 3.8) is 0 Å². The molecule has 0 unspecified atom stereocenters. The Kier molecular flexibility index (Phi) is 4.93. The Morgan fingerprint density at radius 3 is 2.65 bits per heavy atom. The molecule has 0 radical (unpaired) electrons. The summed E-state index contributed by atoms with van der Waals surface area (Å²) in [6.07, 6.45) is 0. The molecule has 4 nitrogen and oxygen atoms in total. The van der Waals surface area contributed by atoms with Crippen LogP contribution in [0.1, 0.15) is 21.6 Å². The predicted octanol–water partition coefficient (Wildman–Crippen LogP) is 2.13. The summed E-state index contributed by atoms with van der Waals surface area (Å²) in [5.74, 6) is -0.0226. The number of hydrogen-bond acceptors (Lipinski definition) is 4. The van der Waals surface area contributed by atoms with Crippen molar-refractivity contribution in [1.29, 1.82) is 0 Å². The van der Waals surface area contributed by atoms with E-state index in [-0.39, 0.29) is 5.75 Å². The maximum Gasteiger partial charge on any atom is 0.216 e. The highest BCUT2D eigenvalue weighted by atomic mass is 32.2. The van der Waals surface area contributed by atoms with Gasteiger partial charge in [0.2, 0.25) is 10.0 Å². The molecule has 0 aliphatic rings. The minimum Gasteiger partial charge on any atom is -0.326 e. The lowest BCUT2D eigenvalue weighted by Crippen LogP contribution is -2.24. The van der Waals surface area contributed by atoms with Gasteiger partial charge >= 0.3 is 0 Å². The Labute approximate surface area is 123 Å². The SMILES string of the molecule is Cc1ccsc1CNS(=O)(=O)Cc1cccc(CN)c1. The number of aryl methyl sites for hydroxylation is 1. The average molecular weight is 310 g/mol. The topological polar surface area (TPSA) is 72.2 Å². The fraction of sp³-hybridized carbons (Fsp3) is 0.286. The first-order valence-corrected chi connectivity index (χ1v) is 8.81. The van der Waals surface area contributed by atoms with E-state index in [0.717, 1.165) is 21.6 Å². The molecule has 0 aliphatic heterocycles. The molecule has 0 saturated carbocycles. The van der Waals surface area contributed by atoms with E-state index in [9.17, 15) is 8.42 Å². The van der Waals surface area contributed by atoms with Crippen molar-refractivity contribution in [3.05, 3.63) is 57.3 Å². The van der Waals surface area contributed by atoms with Crippen molar-refractivity contribution in [2.45, 2.75) is 25.8 Å². The number of thiophene rings is 1. The summed E-state index contributed by atoms with van der Waals surface area (Å²) in [6.45, 7) is 2.74. The van der Waals surface area contributed by atoms with Gasteiger partial charge in [0.15, 0.2) is 0 Å². The molecule has 2 aromatic rings. The molecule has 1 aromatic carbocycles. The summed E-state index contributed by atoms with van der Waals surface area (Å²) in [4.78, 5) is 1.05. The summed E-state index contributed by atoms with van der Waals surface area (Å²) in [7, 11) is -3.34. The van der Waals surface area contributed by atoms with Gasteiger partial charge in [0.1, 0.15) is 0 Å². The lowest BCUT2D eigenvalue weighted by Gasteiger charge is -2.07. The number of rotatable bonds is 6. The number of sulfonamides is 1. The maximum atomic E-state index is 12.1. The maximum absolute atomic E-state index is 12.1. The van der Waals surface area contributed by atoms with E-state index in [1.165, 1.54) is 0 Å². The van der Waals surface area contributed by atoms with Gasteiger partial charge in [-0.3, -0.25) is 0 Å². The smallest absolute Gasteiger partial charge is 0.216 e. The Bertz CT molecular complexity index is 678. The summed E-state index contributed by atoms with van der Waals surface area (Å²) in [6, 6.07) is 9.33. The zero-order valence-corrected chi connectivity index (χ0v) is 12.9. The minimum atomic E-state index is -3.34. The zero-order chi connectivity index (χ0) is 14.6. The second-order valence-electron chi connectivity index (χ2n) is 4.63. The number of hydrogen-bond donors (Lipinski definition) is 2. The Morgan fingerprint density at radius 1 is 1.25 bits per heavy atom. The molecule has 2 rings (SSSR count). The first kappa shape index (κ1) is 15.2. The van der Waals surface area contributed by atoms with Gasteiger partial charge in [-0.2, -0.15) is 0 Å². The molecule has 3 N–H and O–H groups in total. The second-order valence-corrected chi connectivity index (χ2v) is 7.44. The predicted molar refractivity (Wildman–Crippen MR) is 82.9 cm³/mol. The van der Waals surface area contributed by atoms with Crippen molar-refractivity contribution in [1.82, 2.24) is 4.72 Å².